The molecule has 0 saturated heterocycles. The maximum absolute atomic E-state index is 11.3. The lowest BCUT2D eigenvalue weighted by Crippen LogP contribution is -2.32. The van der Waals surface area contributed by atoms with Gasteiger partial charge < -0.3 is 5.32 Å². The third kappa shape index (κ3) is 1.53. The third-order valence-corrected chi connectivity index (χ3v) is 4.18. The van der Waals surface area contributed by atoms with Gasteiger partial charge in [0.2, 0.25) is 0 Å². The Bertz CT molecular complexity index is 403. The largest absolute Gasteiger partial charge is 0.334 e. The molecule has 1 aromatic rings. The molecule has 0 aliphatic carbocycles. The van der Waals surface area contributed by atoms with Gasteiger partial charge in [-0.2, -0.15) is 0 Å². The molecule has 0 bridgehead atoms. The molecule has 1 aliphatic rings. The van der Waals surface area contributed by atoms with E-state index < -0.39 is 10.9 Å². The molecule has 1 heterocycles. The number of anilines is 1. The Morgan fingerprint density at radius 3 is 2.86 bits per heavy atom. The van der Waals surface area contributed by atoms with Crippen molar-refractivity contribution in [2.45, 2.75) is 11.8 Å². The average molecular weight is 208 g/mol. The molecule has 1 unspecified atom stereocenters. The molecule has 2 rings (SSSR count). The van der Waals surface area contributed by atoms with Crippen molar-refractivity contribution in [3.05, 3.63) is 24.3 Å². The van der Waals surface area contributed by atoms with Crippen LogP contribution < -0.4 is 5.32 Å². The molecule has 14 heavy (non-hydrogen) atoms. The van der Waals surface area contributed by atoms with Crippen molar-refractivity contribution < 1.29 is 9.59 Å². The second kappa shape index (κ2) is 3.46. The molecule has 1 aliphatic heterocycles. The van der Waals surface area contributed by atoms with Gasteiger partial charge in [0.15, 0.2) is 10.6 Å². The molecule has 0 radical (unpaired) electrons. The minimum atomic E-state index is -0.552. The van der Waals surface area contributed by atoms with Crippen LogP contribution in [0, 0.1) is 0 Å². The summed E-state index contributed by atoms with van der Waals surface area (Å²) in [6.07, 6.45) is 0. The maximum atomic E-state index is 11.3. The fourth-order valence-electron chi connectivity index (χ4n) is 1.44. The zero-order valence-corrected chi connectivity index (χ0v) is 8.56. The molecule has 1 atom stereocenters. The Kier molecular flexibility index (Phi) is 2.29. The summed E-state index contributed by atoms with van der Waals surface area (Å²) in [6.45, 7) is 1.54. The highest BCUT2D eigenvalue weighted by molar-refractivity contribution is 8.11. The molecule has 1 amide bonds. The van der Waals surface area contributed by atoms with Crippen molar-refractivity contribution in [1.29, 1.82) is 0 Å². The molecule has 3 nitrogen and oxygen atoms in total. The molecular weight excluding hydrogens is 198 g/mol. The first-order valence-corrected chi connectivity index (χ1v) is 5.68. The molecule has 1 aromatic carbocycles. The van der Waals surface area contributed by atoms with Gasteiger partial charge in [0, 0.05) is 6.92 Å². The van der Waals surface area contributed by atoms with Crippen LogP contribution in [0.25, 0.3) is 0 Å². The van der Waals surface area contributed by atoms with E-state index in [1.165, 1.54) is 0 Å². The maximum Gasteiger partial charge on any atom is 0.334 e. The van der Waals surface area contributed by atoms with E-state index in [1.807, 2.05) is 24.3 Å². The van der Waals surface area contributed by atoms with Gasteiger partial charge >= 0.3 is 5.12 Å². The number of carbonyl (C=O) groups excluding carboxylic acids is 2. The quantitative estimate of drug-likeness (QED) is 0.650. The Labute approximate surface area is 84.8 Å². The van der Waals surface area contributed by atoms with E-state index in [4.69, 9.17) is 0 Å². The number of nitrogens with one attached hydrogen (secondary N) is 1. The predicted octanol–water partition coefficient (Wildman–Crippen LogP) is 1.16. The van der Waals surface area contributed by atoms with Gasteiger partial charge in [-0.05, 0) is 12.1 Å². The fourth-order valence-corrected chi connectivity index (χ4v) is 3.07. The number of fused-ring (bicyclic) bond motifs is 1. The topological polar surface area (TPSA) is 46.2 Å². The Hall–Kier alpha value is -1.29. The van der Waals surface area contributed by atoms with Crippen LogP contribution in [-0.4, -0.2) is 16.8 Å². The summed E-state index contributed by atoms with van der Waals surface area (Å²) in [4.78, 5) is 23.6. The molecule has 0 aromatic heterocycles. The van der Waals surface area contributed by atoms with Crippen molar-refractivity contribution in [3.8, 4) is 0 Å². The predicted molar refractivity (Wildman–Crippen MR) is 56.3 cm³/mol. The monoisotopic (exact) mass is 208 g/mol. The number of para-hydroxylation sites is 1. The van der Waals surface area contributed by atoms with Crippen molar-refractivity contribution >= 4 is 27.6 Å². The number of amides is 1. The van der Waals surface area contributed by atoms with Crippen LogP contribution in [0.15, 0.2) is 29.2 Å². The molecule has 72 valence electrons. The normalized spacial score (nSPS) is 19.8. The van der Waals surface area contributed by atoms with E-state index in [1.54, 1.807) is 6.92 Å². The number of hydrogen-bond acceptors (Lipinski definition) is 2. The SMILES string of the molecule is CC(=O)[S+]1CC(=O)Nc2ccccc21. The lowest BCUT2D eigenvalue weighted by molar-refractivity contribution is -0.114. The van der Waals surface area contributed by atoms with Crippen molar-refractivity contribution in [2.75, 3.05) is 11.1 Å². The Morgan fingerprint density at radius 1 is 1.43 bits per heavy atom. The van der Waals surface area contributed by atoms with E-state index >= 15 is 0 Å². The lowest BCUT2D eigenvalue weighted by Gasteiger charge is -2.14. The van der Waals surface area contributed by atoms with Gasteiger partial charge in [-0.15, -0.1) is 0 Å². The Balaban J connectivity index is 2.48. The van der Waals surface area contributed by atoms with Crippen molar-refractivity contribution in [3.63, 3.8) is 0 Å². The molecular formula is C10H10NO2S+. The van der Waals surface area contributed by atoms with Crippen molar-refractivity contribution in [2.24, 2.45) is 0 Å². The highest BCUT2D eigenvalue weighted by Crippen LogP contribution is 2.28. The van der Waals surface area contributed by atoms with Crippen LogP contribution in [0.2, 0.25) is 0 Å². The molecule has 4 heteroatoms. The lowest BCUT2D eigenvalue weighted by atomic mass is 10.3. The fraction of sp³-hybridized carbons (Fsp3) is 0.200. The summed E-state index contributed by atoms with van der Waals surface area (Å²) >= 11 is 0. The highest BCUT2D eigenvalue weighted by Gasteiger charge is 2.37. The number of carbonyl (C=O) groups is 2. The number of rotatable bonds is 0. The van der Waals surface area contributed by atoms with Crippen LogP contribution in [0.5, 0.6) is 0 Å². The van der Waals surface area contributed by atoms with Gasteiger partial charge in [0.1, 0.15) is 10.9 Å². The summed E-state index contributed by atoms with van der Waals surface area (Å²) in [5.74, 6) is 0.231. The summed E-state index contributed by atoms with van der Waals surface area (Å²) in [5.41, 5.74) is 0.780. The van der Waals surface area contributed by atoms with E-state index in [2.05, 4.69) is 5.32 Å². The molecule has 0 fully saturated rings. The first-order chi connectivity index (χ1) is 6.68. The van der Waals surface area contributed by atoms with E-state index in [9.17, 15) is 9.59 Å². The third-order valence-electron chi connectivity index (χ3n) is 2.05. The van der Waals surface area contributed by atoms with Crippen LogP contribution in [0.1, 0.15) is 6.92 Å². The van der Waals surface area contributed by atoms with Crippen LogP contribution in [0.4, 0.5) is 5.69 Å². The van der Waals surface area contributed by atoms with Crippen molar-refractivity contribution in [1.82, 2.24) is 0 Å². The number of hydrogen-bond donors (Lipinski definition) is 1. The molecule has 0 spiro atoms. The zero-order chi connectivity index (χ0) is 10.1. The molecule has 0 saturated carbocycles. The van der Waals surface area contributed by atoms with Gasteiger partial charge in [-0.1, -0.05) is 12.1 Å². The van der Waals surface area contributed by atoms with Gasteiger partial charge in [0.25, 0.3) is 5.91 Å². The summed E-state index contributed by atoms with van der Waals surface area (Å²) < 4.78 is 0. The Morgan fingerprint density at radius 2 is 2.14 bits per heavy atom. The van der Waals surface area contributed by atoms with Crippen LogP contribution in [-0.2, 0) is 20.5 Å². The van der Waals surface area contributed by atoms with Gasteiger partial charge in [-0.3, -0.25) is 4.79 Å². The first kappa shape index (κ1) is 9.27. The summed E-state index contributed by atoms with van der Waals surface area (Å²) in [6, 6.07) is 7.47. The minimum absolute atomic E-state index is 0.0674. The van der Waals surface area contributed by atoms with Crippen LogP contribution in [0.3, 0.4) is 0 Å². The molecule has 1 N–H and O–H groups in total. The summed E-state index contributed by atoms with van der Waals surface area (Å²) in [5, 5.41) is 2.84. The second-order valence-corrected chi connectivity index (χ2v) is 5.16. The van der Waals surface area contributed by atoms with E-state index in [-0.39, 0.29) is 11.0 Å². The second-order valence-electron chi connectivity index (χ2n) is 3.07. The smallest absolute Gasteiger partial charge is 0.318 e. The van der Waals surface area contributed by atoms with Gasteiger partial charge in [0.05, 0.1) is 5.69 Å². The van der Waals surface area contributed by atoms with E-state index in [0.29, 0.717) is 5.75 Å². The van der Waals surface area contributed by atoms with Gasteiger partial charge in [-0.25, -0.2) is 4.79 Å². The summed E-state index contributed by atoms with van der Waals surface area (Å²) in [7, 11) is -0.552. The number of benzene rings is 1. The highest BCUT2D eigenvalue weighted by atomic mass is 32.2. The average Bonchev–Trinajstić information content (AvgIpc) is 2.16. The minimum Gasteiger partial charge on any atom is -0.318 e. The van der Waals surface area contributed by atoms with E-state index in [0.717, 1.165) is 10.6 Å². The standard InChI is InChI=1S/C10H9NO2S/c1-7(12)14-6-10(13)11-8-4-2-3-5-9(8)14/h2-5H,6H2,1H3/p+1. The zero-order valence-electron chi connectivity index (χ0n) is 7.74. The first-order valence-electron chi connectivity index (χ1n) is 4.29. The van der Waals surface area contributed by atoms with Crippen LogP contribution >= 0.6 is 0 Å².